The third-order valence-electron chi connectivity index (χ3n) is 6.70. The third-order valence-corrected chi connectivity index (χ3v) is 8.83. The predicted octanol–water partition coefficient (Wildman–Crippen LogP) is 4.76. The highest BCUT2D eigenvalue weighted by atomic mass is 35.5. The maximum Gasteiger partial charge on any atom is 0.253 e. The zero-order valence-electron chi connectivity index (χ0n) is 21.3. The maximum atomic E-state index is 13.3. The molecule has 1 saturated heterocycles. The Hall–Kier alpha value is -3.30. The lowest BCUT2D eigenvalue weighted by Gasteiger charge is -2.34. The van der Waals surface area contributed by atoms with Gasteiger partial charge in [0.25, 0.3) is 5.91 Å². The van der Waals surface area contributed by atoms with Crippen molar-refractivity contribution < 1.29 is 13.2 Å². The summed E-state index contributed by atoms with van der Waals surface area (Å²) in [6, 6.07) is 22.0. The van der Waals surface area contributed by atoms with Crippen LogP contribution in [0.4, 0.5) is 0 Å². The molecule has 0 N–H and O–H groups in total. The zero-order valence-corrected chi connectivity index (χ0v) is 22.9. The van der Waals surface area contributed by atoms with Crippen molar-refractivity contribution in [3.63, 3.8) is 0 Å². The number of piperazine rings is 1. The van der Waals surface area contributed by atoms with Gasteiger partial charge in [0.2, 0.25) is 10.0 Å². The van der Waals surface area contributed by atoms with Crippen LogP contribution in [0.15, 0.2) is 83.9 Å². The van der Waals surface area contributed by atoms with Crippen LogP contribution in [0.5, 0.6) is 0 Å². The summed E-state index contributed by atoms with van der Waals surface area (Å²) in [4.78, 5) is 21.6. The Morgan fingerprint density at radius 3 is 2.26 bits per heavy atom. The Morgan fingerprint density at radius 2 is 1.55 bits per heavy atom. The Labute approximate surface area is 228 Å². The molecule has 1 aliphatic heterocycles. The molecule has 196 valence electrons. The number of hydrogen-bond acceptors (Lipinski definition) is 5. The van der Waals surface area contributed by atoms with Crippen molar-refractivity contribution in [2.24, 2.45) is 0 Å². The van der Waals surface area contributed by atoms with Crippen molar-refractivity contribution in [1.82, 2.24) is 19.1 Å². The molecule has 1 fully saturated rings. The normalized spacial score (nSPS) is 14.8. The van der Waals surface area contributed by atoms with E-state index in [2.05, 4.69) is 16.0 Å². The van der Waals surface area contributed by atoms with Gasteiger partial charge in [0.1, 0.15) is 0 Å². The third kappa shape index (κ3) is 5.59. The van der Waals surface area contributed by atoms with E-state index in [1.165, 1.54) is 4.31 Å². The summed E-state index contributed by atoms with van der Waals surface area (Å²) in [5.41, 5.74) is 3.62. The number of hydrogen-bond donors (Lipinski definition) is 0. The average Bonchev–Trinajstić information content (AvgIpc) is 2.92. The van der Waals surface area contributed by atoms with E-state index < -0.39 is 10.0 Å². The summed E-state index contributed by atoms with van der Waals surface area (Å²) in [6.07, 6.45) is 1.80. The summed E-state index contributed by atoms with van der Waals surface area (Å²) in [7, 11) is 0.338. The molecule has 0 spiro atoms. The van der Waals surface area contributed by atoms with Crippen LogP contribution in [0.25, 0.3) is 21.9 Å². The molecule has 1 aromatic heterocycles. The summed E-state index contributed by atoms with van der Waals surface area (Å²) < 4.78 is 28.0. The molecule has 0 saturated carbocycles. The minimum absolute atomic E-state index is 0.0980. The van der Waals surface area contributed by atoms with E-state index in [0.717, 1.165) is 34.1 Å². The number of nitrogens with zero attached hydrogens (tertiary/aromatic N) is 4. The molecule has 0 bridgehead atoms. The van der Waals surface area contributed by atoms with Crippen LogP contribution in [-0.4, -0.2) is 73.7 Å². The molecule has 0 atom stereocenters. The molecule has 38 heavy (non-hydrogen) atoms. The van der Waals surface area contributed by atoms with Gasteiger partial charge in [-0.05, 0) is 84.5 Å². The number of fused-ring (bicyclic) bond motifs is 1. The number of aromatic nitrogens is 1. The number of sulfonamides is 1. The number of pyridine rings is 1. The van der Waals surface area contributed by atoms with Crippen LogP contribution in [0.2, 0.25) is 5.02 Å². The summed E-state index contributed by atoms with van der Waals surface area (Å²) in [6.45, 7) is 1.91. The molecule has 1 aliphatic rings. The molecule has 0 unspecified atom stereocenters. The Morgan fingerprint density at radius 1 is 0.868 bits per heavy atom. The van der Waals surface area contributed by atoms with Crippen LogP contribution >= 0.6 is 11.6 Å². The topological polar surface area (TPSA) is 73.8 Å². The van der Waals surface area contributed by atoms with E-state index in [4.69, 9.17) is 11.6 Å². The smallest absolute Gasteiger partial charge is 0.253 e. The minimum atomic E-state index is -3.67. The van der Waals surface area contributed by atoms with Crippen molar-refractivity contribution in [3.8, 4) is 11.1 Å². The SMILES string of the molecule is CN(C)Cc1cc(-c2ccc(C(=O)N3CCN(S(=O)(=O)c4ccc5cc(Cl)ccc5c4)CC3)cc2)ccn1. The van der Waals surface area contributed by atoms with E-state index in [1.807, 2.05) is 56.6 Å². The van der Waals surface area contributed by atoms with Gasteiger partial charge in [-0.2, -0.15) is 4.31 Å². The highest BCUT2D eigenvalue weighted by Crippen LogP contribution is 2.26. The number of carbonyl (C=O) groups excluding carboxylic acids is 1. The van der Waals surface area contributed by atoms with Crippen LogP contribution in [0, 0.1) is 0 Å². The molecular weight excluding hydrogens is 520 g/mol. The maximum absolute atomic E-state index is 13.3. The molecular formula is C29H29ClN4O3S. The summed E-state index contributed by atoms with van der Waals surface area (Å²) in [5.74, 6) is -0.0980. The van der Waals surface area contributed by atoms with Gasteiger partial charge >= 0.3 is 0 Å². The van der Waals surface area contributed by atoms with Gasteiger partial charge in [-0.15, -0.1) is 0 Å². The second-order valence-corrected chi connectivity index (χ2v) is 12.1. The predicted molar refractivity (Wildman–Crippen MR) is 151 cm³/mol. The van der Waals surface area contributed by atoms with Crippen molar-refractivity contribution in [2.75, 3.05) is 40.3 Å². The zero-order chi connectivity index (χ0) is 26.9. The van der Waals surface area contributed by atoms with Crippen LogP contribution < -0.4 is 0 Å². The first-order valence-electron chi connectivity index (χ1n) is 12.4. The molecule has 1 amide bonds. The van der Waals surface area contributed by atoms with Gasteiger partial charge in [-0.25, -0.2) is 8.42 Å². The number of benzene rings is 3. The number of rotatable bonds is 6. The fourth-order valence-corrected chi connectivity index (χ4v) is 6.33. The van der Waals surface area contributed by atoms with Crippen molar-refractivity contribution >= 4 is 38.3 Å². The van der Waals surface area contributed by atoms with Gasteiger partial charge < -0.3 is 9.80 Å². The first kappa shape index (κ1) is 26.3. The lowest BCUT2D eigenvalue weighted by atomic mass is 10.0. The Bertz CT molecular complexity index is 1580. The number of halogens is 1. The first-order chi connectivity index (χ1) is 18.2. The van der Waals surface area contributed by atoms with Gasteiger partial charge in [0.15, 0.2) is 0 Å². The molecule has 4 aromatic rings. The second kappa shape index (κ2) is 10.8. The molecule has 7 nitrogen and oxygen atoms in total. The fourth-order valence-electron chi connectivity index (χ4n) is 4.69. The van der Waals surface area contributed by atoms with E-state index in [1.54, 1.807) is 35.4 Å². The van der Waals surface area contributed by atoms with E-state index >= 15 is 0 Å². The summed E-state index contributed by atoms with van der Waals surface area (Å²) in [5, 5.41) is 2.30. The Kier molecular flexibility index (Phi) is 7.49. The van der Waals surface area contributed by atoms with Crippen molar-refractivity contribution in [2.45, 2.75) is 11.4 Å². The van der Waals surface area contributed by atoms with Crippen LogP contribution in [0.3, 0.4) is 0 Å². The Balaban J connectivity index is 1.24. The lowest BCUT2D eigenvalue weighted by molar-refractivity contribution is 0.0698. The van der Waals surface area contributed by atoms with Crippen molar-refractivity contribution in [3.05, 3.63) is 95.3 Å². The highest BCUT2D eigenvalue weighted by molar-refractivity contribution is 7.89. The molecule has 3 aromatic carbocycles. The van der Waals surface area contributed by atoms with E-state index in [-0.39, 0.29) is 23.9 Å². The molecule has 5 rings (SSSR count). The second-order valence-electron chi connectivity index (χ2n) is 9.70. The van der Waals surface area contributed by atoms with Crippen LogP contribution in [0.1, 0.15) is 16.1 Å². The van der Waals surface area contributed by atoms with Gasteiger partial charge in [0, 0.05) is 49.5 Å². The highest BCUT2D eigenvalue weighted by Gasteiger charge is 2.30. The lowest BCUT2D eigenvalue weighted by Crippen LogP contribution is -2.50. The standard InChI is InChI=1S/C29H29ClN4O3S/c1-32(2)20-27-18-25(11-12-31-27)21-3-5-22(6-4-21)29(35)33-13-15-34(16-14-33)38(36,37)28-10-8-23-17-26(30)9-7-24(23)19-28/h3-12,17-19H,13-16,20H2,1-2H3. The molecule has 9 heteroatoms. The molecule has 0 aliphatic carbocycles. The fraction of sp³-hybridized carbons (Fsp3) is 0.241. The van der Waals surface area contributed by atoms with Gasteiger partial charge in [0.05, 0.1) is 10.6 Å². The van der Waals surface area contributed by atoms with E-state index in [0.29, 0.717) is 23.7 Å². The largest absolute Gasteiger partial charge is 0.336 e. The van der Waals surface area contributed by atoms with Crippen LogP contribution in [-0.2, 0) is 16.6 Å². The van der Waals surface area contributed by atoms with Crippen molar-refractivity contribution in [1.29, 1.82) is 0 Å². The molecule has 0 radical (unpaired) electrons. The molecule has 2 heterocycles. The van der Waals surface area contributed by atoms with Gasteiger partial charge in [-0.1, -0.05) is 35.9 Å². The minimum Gasteiger partial charge on any atom is -0.336 e. The van der Waals surface area contributed by atoms with E-state index in [9.17, 15) is 13.2 Å². The average molecular weight is 549 g/mol. The quantitative estimate of drug-likeness (QED) is 0.347. The number of carbonyl (C=O) groups is 1. The number of amides is 1. The monoisotopic (exact) mass is 548 g/mol. The van der Waals surface area contributed by atoms with Gasteiger partial charge in [-0.3, -0.25) is 9.78 Å². The summed E-state index contributed by atoms with van der Waals surface area (Å²) >= 11 is 6.05. The first-order valence-corrected chi connectivity index (χ1v) is 14.2.